The van der Waals surface area contributed by atoms with Crippen LogP contribution in [-0.2, 0) is 0 Å². The fourth-order valence-corrected chi connectivity index (χ4v) is 3.23. The summed E-state index contributed by atoms with van der Waals surface area (Å²) in [5.41, 5.74) is 2.16. The van der Waals surface area contributed by atoms with E-state index >= 15 is 0 Å². The van der Waals surface area contributed by atoms with Crippen LogP contribution in [0.3, 0.4) is 0 Å². The molecule has 1 amide bonds. The lowest BCUT2D eigenvalue weighted by molar-refractivity contribution is 0.0784. The minimum Gasteiger partial charge on any atom is -0.445 e. The van der Waals surface area contributed by atoms with Crippen LogP contribution in [0.15, 0.2) is 22.7 Å². The first-order chi connectivity index (χ1) is 12.0. The number of rotatable bonds is 3. The lowest BCUT2D eigenvalue weighted by Gasteiger charge is -2.16. The molecular weight excluding hydrogens is 320 g/mol. The molecule has 4 rings (SSSR count). The predicted octanol–water partition coefficient (Wildman–Crippen LogP) is 1.97. The maximum absolute atomic E-state index is 12.6. The van der Waals surface area contributed by atoms with Gasteiger partial charge in [-0.1, -0.05) is 0 Å². The lowest BCUT2D eigenvalue weighted by Crippen LogP contribution is -2.32. The first-order valence-electron chi connectivity index (χ1n) is 8.32. The Balaban J connectivity index is 1.44. The van der Waals surface area contributed by atoms with Gasteiger partial charge in [0.25, 0.3) is 5.91 Å². The summed E-state index contributed by atoms with van der Waals surface area (Å²) in [6.45, 7) is 6.76. The Hall–Kier alpha value is -2.90. The third kappa shape index (κ3) is 2.95. The smallest absolute Gasteiger partial charge is 0.276 e. The van der Waals surface area contributed by atoms with Crippen molar-refractivity contribution in [2.75, 3.05) is 18.4 Å². The van der Waals surface area contributed by atoms with Gasteiger partial charge in [-0.3, -0.25) is 4.79 Å². The van der Waals surface area contributed by atoms with Crippen molar-refractivity contribution in [1.82, 2.24) is 24.5 Å². The second-order valence-electron chi connectivity index (χ2n) is 6.42. The van der Waals surface area contributed by atoms with E-state index in [0.29, 0.717) is 30.4 Å². The molecule has 130 valence electrons. The number of hydrogen-bond donors (Lipinski definition) is 1. The highest BCUT2D eigenvalue weighted by Gasteiger charge is 2.30. The average molecular weight is 340 g/mol. The van der Waals surface area contributed by atoms with Gasteiger partial charge in [0.05, 0.1) is 11.9 Å². The zero-order chi connectivity index (χ0) is 17.6. The third-order valence-corrected chi connectivity index (χ3v) is 4.37. The molecule has 0 radical (unpaired) electrons. The number of anilines is 1. The molecule has 8 heteroatoms. The number of likely N-dealkylation sites (tertiary alicyclic amines) is 1. The van der Waals surface area contributed by atoms with Crippen molar-refractivity contribution in [3.63, 3.8) is 0 Å². The van der Waals surface area contributed by atoms with Gasteiger partial charge in [0.1, 0.15) is 11.6 Å². The van der Waals surface area contributed by atoms with Crippen molar-refractivity contribution in [3.05, 3.63) is 41.4 Å². The summed E-state index contributed by atoms with van der Waals surface area (Å²) in [7, 11) is 0. The second-order valence-corrected chi connectivity index (χ2v) is 6.42. The molecular formula is C17H20N6O2. The largest absolute Gasteiger partial charge is 0.445 e. The van der Waals surface area contributed by atoms with Gasteiger partial charge in [-0.15, -0.1) is 5.10 Å². The number of aryl methyl sites for hydroxylation is 3. The van der Waals surface area contributed by atoms with Crippen molar-refractivity contribution in [2.45, 2.75) is 33.2 Å². The van der Waals surface area contributed by atoms with Crippen molar-refractivity contribution in [3.8, 4) is 0 Å². The van der Waals surface area contributed by atoms with Crippen molar-refractivity contribution in [2.24, 2.45) is 0 Å². The van der Waals surface area contributed by atoms with E-state index in [9.17, 15) is 4.79 Å². The van der Waals surface area contributed by atoms with Gasteiger partial charge in [0, 0.05) is 26.1 Å². The molecule has 1 aliphatic heterocycles. The standard InChI is InChI=1S/C17H20N6O2/c1-10-8-23-15(18-10)5-4-14(21-23)20-13-6-7-22(9-13)17(24)16-11(2)25-12(3)19-16/h4-5,8,13H,6-7,9H2,1-3H3,(H,20,21). The van der Waals surface area contributed by atoms with Crippen LogP contribution in [0.1, 0.15) is 34.3 Å². The molecule has 25 heavy (non-hydrogen) atoms. The molecule has 0 saturated carbocycles. The van der Waals surface area contributed by atoms with E-state index in [1.165, 1.54) is 0 Å². The first-order valence-corrected chi connectivity index (χ1v) is 8.32. The minimum absolute atomic E-state index is 0.0766. The molecule has 4 heterocycles. The van der Waals surface area contributed by atoms with Crippen LogP contribution in [-0.4, -0.2) is 49.5 Å². The predicted molar refractivity (Wildman–Crippen MR) is 91.6 cm³/mol. The summed E-state index contributed by atoms with van der Waals surface area (Å²) >= 11 is 0. The zero-order valence-corrected chi connectivity index (χ0v) is 14.5. The molecule has 0 spiro atoms. The summed E-state index contributed by atoms with van der Waals surface area (Å²) in [5.74, 6) is 1.79. The number of nitrogens with zero attached hydrogens (tertiary/aromatic N) is 5. The van der Waals surface area contributed by atoms with Gasteiger partial charge in [0.2, 0.25) is 0 Å². The number of fused-ring (bicyclic) bond motifs is 1. The highest BCUT2D eigenvalue weighted by molar-refractivity contribution is 5.93. The van der Waals surface area contributed by atoms with Gasteiger partial charge in [-0.2, -0.15) is 0 Å². The summed E-state index contributed by atoms with van der Waals surface area (Å²) in [6.07, 6.45) is 2.75. The van der Waals surface area contributed by atoms with Gasteiger partial charge >= 0.3 is 0 Å². The van der Waals surface area contributed by atoms with E-state index in [4.69, 9.17) is 4.42 Å². The van der Waals surface area contributed by atoms with Crippen LogP contribution in [0.5, 0.6) is 0 Å². The summed E-state index contributed by atoms with van der Waals surface area (Å²) in [6, 6.07) is 4.01. The van der Waals surface area contributed by atoms with E-state index in [2.05, 4.69) is 20.4 Å². The Morgan fingerprint density at radius 1 is 1.28 bits per heavy atom. The summed E-state index contributed by atoms with van der Waals surface area (Å²) in [4.78, 5) is 23.0. The molecule has 1 unspecified atom stereocenters. The third-order valence-electron chi connectivity index (χ3n) is 4.37. The first kappa shape index (κ1) is 15.6. The van der Waals surface area contributed by atoms with E-state index in [-0.39, 0.29) is 11.9 Å². The maximum atomic E-state index is 12.6. The Kier molecular flexibility index (Phi) is 3.67. The highest BCUT2D eigenvalue weighted by atomic mass is 16.4. The number of aromatic nitrogens is 4. The van der Waals surface area contributed by atoms with E-state index < -0.39 is 0 Å². The number of hydrogen-bond acceptors (Lipinski definition) is 6. The van der Waals surface area contributed by atoms with Crippen molar-refractivity contribution in [1.29, 1.82) is 0 Å². The van der Waals surface area contributed by atoms with Gasteiger partial charge in [-0.25, -0.2) is 14.5 Å². The topological polar surface area (TPSA) is 88.6 Å². The molecule has 0 aromatic carbocycles. The number of imidazole rings is 1. The number of carbonyl (C=O) groups excluding carboxylic acids is 1. The quantitative estimate of drug-likeness (QED) is 0.784. The fourth-order valence-electron chi connectivity index (χ4n) is 3.23. The van der Waals surface area contributed by atoms with Gasteiger partial charge in [-0.05, 0) is 32.4 Å². The molecule has 1 atom stereocenters. The van der Waals surface area contributed by atoms with E-state index in [1.54, 1.807) is 18.4 Å². The summed E-state index contributed by atoms with van der Waals surface area (Å²) in [5, 5.41) is 7.92. The number of amides is 1. The molecule has 3 aromatic heterocycles. The molecule has 0 aliphatic carbocycles. The van der Waals surface area contributed by atoms with E-state index in [0.717, 1.165) is 23.6 Å². The summed E-state index contributed by atoms with van der Waals surface area (Å²) < 4.78 is 7.13. The molecule has 8 nitrogen and oxygen atoms in total. The number of nitrogens with one attached hydrogen (secondary N) is 1. The van der Waals surface area contributed by atoms with Crippen molar-refractivity contribution >= 4 is 17.4 Å². The highest BCUT2D eigenvalue weighted by Crippen LogP contribution is 2.19. The molecule has 1 fully saturated rings. The number of oxazole rings is 1. The lowest BCUT2D eigenvalue weighted by atomic mass is 10.2. The van der Waals surface area contributed by atoms with Crippen LogP contribution >= 0.6 is 0 Å². The molecule has 1 N–H and O–H groups in total. The minimum atomic E-state index is -0.0766. The molecule has 0 bridgehead atoms. The SMILES string of the molecule is Cc1cn2nc(NC3CCN(C(=O)c4nc(C)oc4C)C3)ccc2n1. The van der Waals surface area contributed by atoms with Crippen molar-refractivity contribution < 1.29 is 9.21 Å². The molecule has 3 aromatic rings. The van der Waals surface area contributed by atoms with Gasteiger partial charge in [0.15, 0.2) is 17.2 Å². The molecule has 1 aliphatic rings. The normalized spacial score (nSPS) is 17.4. The van der Waals surface area contributed by atoms with Gasteiger partial charge < -0.3 is 14.6 Å². The molecule has 1 saturated heterocycles. The van der Waals surface area contributed by atoms with Crippen LogP contribution < -0.4 is 5.32 Å². The Bertz CT molecular complexity index is 944. The second kappa shape index (κ2) is 5.87. The van der Waals surface area contributed by atoms with Crippen LogP contribution in [0.25, 0.3) is 5.65 Å². The maximum Gasteiger partial charge on any atom is 0.276 e. The average Bonchev–Trinajstić information content (AvgIpc) is 3.24. The monoisotopic (exact) mass is 340 g/mol. The zero-order valence-electron chi connectivity index (χ0n) is 14.5. The fraction of sp³-hybridized carbons (Fsp3) is 0.412. The Morgan fingerprint density at radius 3 is 2.88 bits per heavy atom. The Labute approximate surface area is 144 Å². The van der Waals surface area contributed by atoms with E-state index in [1.807, 2.05) is 30.2 Å². The number of carbonyl (C=O) groups is 1. The van der Waals surface area contributed by atoms with Crippen LogP contribution in [0.2, 0.25) is 0 Å². The van der Waals surface area contributed by atoms with Crippen LogP contribution in [0, 0.1) is 20.8 Å². The van der Waals surface area contributed by atoms with Crippen LogP contribution in [0.4, 0.5) is 5.82 Å². The Morgan fingerprint density at radius 2 is 2.12 bits per heavy atom.